The second-order valence-electron chi connectivity index (χ2n) is 7.14. The van der Waals surface area contributed by atoms with E-state index in [0.29, 0.717) is 28.8 Å². The van der Waals surface area contributed by atoms with Crippen LogP contribution in [0.15, 0.2) is 52.7 Å². The summed E-state index contributed by atoms with van der Waals surface area (Å²) in [6.07, 6.45) is 1.62. The number of aromatic hydroxyl groups is 1. The van der Waals surface area contributed by atoms with Crippen molar-refractivity contribution in [2.24, 2.45) is 0 Å². The first-order valence-corrected chi connectivity index (χ1v) is 12.4. The summed E-state index contributed by atoms with van der Waals surface area (Å²) in [5.41, 5.74) is 1.39. The summed E-state index contributed by atoms with van der Waals surface area (Å²) in [5, 5.41) is 15.8. The van der Waals surface area contributed by atoms with Crippen LogP contribution in [0.5, 0.6) is 5.75 Å². The van der Waals surface area contributed by atoms with E-state index in [1.165, 1.54) is 33.8 Å². The fraction of sp³-hybridized carbons (Fsp3) is 0.238. The molecule has 2 aromatic carbocycles. The van der Waals surface area contributed by atoms with Crippen LogP contribution in [0.25, 0.3) is 10.6 Å². The molecule has 7 nitrogen and oxygen atoms in total. The smallest absolute Gasteiger partial charge is 0.243 e. The van der Waals surface area contributed by atoms with Crippen molar-refractivity contribution in [3.8, 4) is 16.3 Å². The highest BCUT2D eigenvalue weighted by Crippen LogP contribution is 2.31. The van der Waals surface area contributed by atoms with Crippen molar-refractivity contribution in [3.05, 3.63) is 58.6 Å². The number of aromatic nitrogens is 1. The number of phenols is 1. The predicted molar refractivity (Wildman–Crippen MR) is 121 cm³/mol. The molecule has 1 saturated heterocycles. The Labute approximate surface area is 189 Å². The Kier molecular flexibility index (Phi) is 6.29. The lowest BCUT2D eigenvalue weighted by Crippen LogP contribution is -2.28. The Hall–Kier alpha value is -2.46. The SMILES string of the molecule is O=C(Cc1csc(-c2ccccc2Cl)n1)Nc1cc(S(=O)(=O)N2CCCC2)ccc1O. The van der Waals surface area contributed by atoms with Crippen molar-refractivity contribution in [2.75, 3.05) is 18.4 Å². The zero-order valence-electron chi connectivity index (χ0n) is 16.4. The minimum atomic E-state index is -3.66. The van der Waals surface area contributed by atoms with Crippen LogP contribution in [0.4, 0.5) is 5.69 Å². The molecule has 2 N–H and O–H groups in total. The summed E-state index contributed by atoms with van der Waals surface area (Å²) >= 11 is 7.58. The summed E-state index contributed by atoms with van der Waals surface area (Å²) in [6, 6.07) is 11.2. The zero-order valence-corrected chi connectivity index (χ0v) is 18.8. The molecule has 2 heterocycles. The highest BCUT2D eigenvalue weighted by Gasteiger charge is 2.28. The van der Waals surface area contributed by atoms with E-state index in [0.717, 1.165) is 18.4 Å². The summed E-state index contributed by atoms with van der Waals surface area (Å²) in [6.45, 7) is 0.949. The number of phenolic OH excluding ortho intramolecular Hbond substituents is 1. The summed E-state index contributed by atoms with van der Waals surface area (Å²) < 4.78 is 26.9. The molecule has 3 aromatic rings. The molecule has 1 aliphatic heterocycles. The highest BCUT2D eigenvalue weighted by atomic mass is 35.5. The lowest BCUT2D eigenvalue weighted by Gasteiger charge is -2.16. The minimum absolute atomic E-state index is 0.0243. The number of thiazole rings is 1. The number of nitrogens with one attached hydrogen (secondary N) is 1. The topological polar surface area (TPSA) is 99.6 Å². The van der Waals surface area contributed by atoms with Crippen LogP contribution < -0.4 is 5.32 Å². The zero-order chi connectivity index (χ0) is 22.0. The summed E-state index contributed by atoms with van der Waals surface area (Å²) in [5.74, 6) is -0.620. The van der Waals surface area contributed by atoms with Crippen molar-refractivity contribution < 1.29 is 18.3 Å². The van der Waals surface area contributed by atoms with Crippen molar-refractivity contribution >= 4 is 44.6 Å². The molecule has 0 spiro atoms. The van der Waals surface area contributed by atoms with Gasteiger partial charge in [-0.05, 0) is 37.1 Å². The molecular formula is C21H20ClN3O4S2. The fourth-order valence-corrected chi connectivity index (χ4v) is 6.04. The first-order chi connectivity index (χ1) is 14.8. The molecule has 31 heavy (non-hydrogen) atoms. The van der Waals surface area contributed by atoms with E-state index in [9.17, 15) is 18.3 Å². The van der Waals surface area contributed by atoms with E-state index < -0.39 is 15.9 Å². The molecule has 4 rings (SSSR count). The average Bonchev–Trinajstić information content (AvgIpc) is 3.42. The number of nitrogens with zero attached hydrogens (tertiary/aromatic N) is 2. The van der Waals surface area contributed by atoms with Gasteiger partial charge < -0.3 is 10.4 Å². The lowest BCUT2D eigenvalue weighted by molar-refractivity contribution is -0.115. The number of benzene rings is 2. The molecule has 0 atom stereocenters. The average molecular weight is 478 g/mol. The summed E-state index contributed by atoms with van der Waals surface area (Å²) in [4.78, 5) is 17.0. The van der Waals surface area contributed by atoms with Gasteiger partial charge in [-0.1, -0.05) is 29.8 Å². The van der Waals surface area contributed by atoms with Crippen LogP contribution in [0, 0.1) is 0 Å². The van der Waals surface area contributed by atoms with Crippen LogP contribution in [0.2, 0.25) is 5.02 Å². The second kappa shape index (κ2) is 8.96. The lowest BCUT2D eigenvalue weighted by atomic mass is 10.2. The number of hydrogen-bond acceptors (Lipinski definition) is 6. The van der Waals surface area contributed by atoms with Crippen molar-refractivity contribution in [3.63, 3.8) is 0 Å². The highest BCUT2D eigenvalue weighted by molar-refractivity contribution is 7.89. The molecule has 0 aliphatic carbocycles. The van der Waals surface area contributed by atoms with Gasteiger partial charge >= 0.3 is 0 Å². The maximum absolute atomic E-state index is 12.8. The number of halogens is 1. The van der Waals surface area contributed by atoms with Crippen LogP contribution in [0.3, 0.4) is 0 Å². The van der Waals surface area contributed by atoms with Gasteiger partial charge in [0.25, 0.3) is 0 Å². The fourth-order valence-electron chi connectivity index (χ4n) is 3.36. The number of anilines is 1. The minimum Gasteiger partial charge on any atom is -0.506 e. The molecule has 162 valence electrons. The number of sulfonamides is 1. The Morgan fingerprint density at radius 3 is 2.68 bits per heavy atom. The second-order valence-corrected chi connectivity index (χ2v) is 10.3. The van der Waals surface area contributed by atoms with Crippen molar-refractivity contribution in [2.45, 2.75) is 24.2 Å². The Balaban J connectivity index is 1.48. The van der Waals surface area contributed by atoms with E-state index >= 15 is 0 Å². The van der Waals surface area contributed by atoms with E-state index in [4.69, 9.17) is 11.6 Å². The monoisotopic (exact) mass is 477 g/mol. The Morgan fingerprint density at radius 1 is 1.19 bits per heavy atom. The molecule has 0 unspecified atom stereocenters. The van der Waals surface area contributed by atoms with Crippen LogP contribution in [0.1, 0.15) is 18.5 Å². The molecular weight excluding hydrogens is 458 g/mol. The maximum Gasteiger partial charge on any atom is 0.243 e. The number of amides is 1. The first kappa shape index (κ1) is 21.8. The predicted octanol–water partition coefficient (Wildman–Crippen LogP) is 4.13. The molecule has 0 saturated carbocycles. The van der Waals surface area contributed by atoms with E-state index in [1.807, 2.05) is 18.2 Å². The molecule has 0 radical (unpaired) electrons. The molecule has 1 aromatic heterocycles. The number of hydrogen-bond donors (Lipinski definition) is 2. The van der Waals surface area contributed by atoms with Gasteiger partial charge in [0.05, 0.1) is 27.7 Å². The van der Waals surface area contributed by atoms with Crippen LogP contribution >= 0.6 is 22.9 Å². The number of carbonyl (C=O) groups is 1. The molecule has 0 bridgehead atoms. The van der Waals surface area contributed by atoms with Gasteiger partial charge in [-0.15, -0.1) is 11.3 Å². The van der Waals surface area contributed by atoms with Crippen LogP contribution in [-0.2, 0) is 21.2 Å². The van der Waals surface area contributed by atoms with E-state index in [-0.39, 0.29) is 22.8 Å². The quantitative estimate of drug-likeness (QED) is 0.520. The third-order valence-corrected chi connectivity index (χ3v) is 8.09. The molecule has 10 heteroatoms. The normalized spacial score (nSPS) is 14.6. The largest absolute Gasteiger partial charge is 0.506 e. The van der Waals surface area contributed by atoms with Gasteiger partial charge in [0.2, 0.25) is 15.9 Å². The van der Waals surface area contributed by atoms with Crippen molar-refractivity contribution in [1.29, 1.82) is 0 Å². The third kappa shape index (κ3) is 4.74. The Bertz CT molecular complexity index is 1220. The Morgan fingerprint density at radius 2 is 1.94 bits per heavy atom. The molecule has 1 aliphatic rings. The van der Waals surface area contributed by atoms with Gasteiger partial charge in [-0.2, -0.15) is 4.31 Å². The first-order valence-electron chi connectivity index (χ1n) is 9.67. The number of rotatable bonds is 6. The van der Waals surface area contributed by atoms with Gasteiger partial charge in [0.15, 0.2) is 0 Å². The summed E-state index contributed by atoms with van der Waals surface area (Å²) in [7, 11) is -3.66. The van der Waals surface area contributed by atoms with Gasteiger partial charge in [0.1, 0.15) is 10.8 Å². The standard InChI is InChI=1S/C21H20ClN3O4S2/c22-17-6-2-1-5-16(17)21-23-14(13-30-21)11-20(27)24-18-12-15(7-8-19(18)26)31(28,29)25-9-3-4-10-25/h1-2,5-8,12-13,26H,3-4,9-11H2,(H,24,27). The van der Waals surface area contributed by atoms with E-state index in [1.54, 1.807) is 11.4 Å². The maximum atomic E-state index is 12.8. The van der Waals surface area contributed by atoms with Gasteiger partial charge in [-0.25, -0.2) is 13.4 Å². The third-order valence-electron chi connectivity index (χ3n) is 4.94. The van der Waals surface area contributed by atoms with Gasteiger partial charge in [0, 0.05) is 24.0 Å². The number of carbonyl (C=O) groups excluding carboxylic acids is 1. The molecule has 1 fully saturated rings. The van der Waals surface area contributed by atoms with Crippen LogP contribution in [-0.4, -0.2) is 41.8 Å². The van der Waals surface area contributed by atoms with E-state index in [2.05, 4.69) is 10.3 Å². The van der Waals surface area contributed by atoms with Crippen molar-refractivity contribution in [1.82, 2.24) is 9.29 Å². The van der Waals surface area contributed by atoms with Gasteiger partial charge in [-0.3, -0.25) is 4.79 Å². The molecule has 1 amide bonds.